The van der Waals surface area contributed by atoms with Crippen molar-refractivity contribution in [3.63, 3.8) is 0 Å². The zero-order chi connectivity index (χ0) is 17.9. The normalized spacial score (nSPS) is 15.5. The van der Waals surface area contributed by atoms with Crippen LogP contribution in [0.1, 0.15) is 36.3 Å². The Bertz CT molecular complexity index is 895. The van der Waals surface area contributed by atoms with Crippen LogP contribution in [-0.4, -0.2) is 33.9 Å². The predicted molar refractivity (Wildman–Crippen MR) is 99.4 cm³/mol. The number of hydrogen-bond donors (Lipinski definition) is 1. The first-order valence-electron chi connectivity index (χ1n) is 9.15. The molecule has 1 saturated heterocycles. The van der Waals surface area contributed by atoms with E-state index in [0.717, 1.165) is 37.1 Å². The molecule has 1 amide bonds. The summed E-state index contributed by atoms with van der Waals surface area (Å²) in [5.74, 6) is 0.414. The number of benzene rings is 1. The van der Waals surface area contributed by atoms with Gasteiger partial charge in [0.05, 0.1) is 0 Å². The number of aryl methyl sites for hydroxylation is 1. The predicted octanol–water partition coefficient (Wildman–Crippen LogP) is 4.04. The van der Waals surface area contributed by atoms with Gasteiger partial charge in [0, 0.05) is 37.3 Å². The lowest BCUT2D eigenvalue weighted by atomic mass is 9.89. The van der Waals surface area contributed by atoms with Gasteiger partial charge in [0.1, 0.15) is 11.5 Å². The molecule has 1 N–H and O–H groups in total. The Labute approximate surface area is 152 Å². The summed E-state index contributed by atoms with van der Waals surface area (Å²) in [6.07, 6.45) is 6.95. The molecular formula is C21H22FN3O. The highest BCUT2D eigenvalue weighted by atomic mass is 19.1. The minimum atomic E-state index is -0.241. The first-order chi connectivity index (χ1) is 12.7. The number of pyridine rings is 1. The summed E-state index contributed by atoms with van der Waals surface area (Å²) in [4.78, 5) is 22.0. The molecule has 3 aromatic rings. The topological polar surface area (TPSA) is 49.0 Å². The van der Waals surface area contributed by atoms with Crippen LogP contribution in [0.3, 0.4) is 0 Å². The Kier molecular flexibility index (Phi) is 4.69. The molecule has 1 aromatic carbocycles. The number of aromatic amines is 1. The molecule has 0 bridgehead atoms. The monoisotopic (exact) mass is 351 g/mol. The number of H-pyrrole nitrogens is 1. The number of piperidine rings is 1. The Morgan fingerprint density at radius 3 is 2.73 bits per heavy atom. The zero-order valence-corrected chi connectivity index (χ0v) is 14.6. The standard InChI is InChI=1S/C21H22FN3O/c22-17-6-3-15(4-7-17)5-8-20(26)25-12-9-16(10-13-25)19-14-24-21-18(19)2-1-11-23-21/h1-4,6-7,11,14,16H,5,8-10,12-13H2,(H,23,24). The molecule has 5 heteroatoms. The van der Waals surface area contributed by atoms with E-state index in [2.05, 4.69) is 22.2 Å². The van der Waals surface area contributed by atoms with Crippen LogP contribution in [0.15, 0.2) is 48.8 Å². The highest BCUT2D eigenvalue weighted by Crippen LogP contribution is 2.32. The summed E-state index contributed by atoms with van der Waals surface area (Å²) in [7, 11) is 0. The fourth-order valence-electron chi connectivity index (χ4n) is 3.82. The van der Waals surface area contributed by atoms with Gasteiger partial charge >= 0.3 is 0 Å². The van der Waals surface area contributed by atoms with E-state index in [0.29, 0.717) is 18.8 Å². The zero-order valence-electron chi connectivity index (χ0n) is 14.6. The largest absolute Gasteiger partial charge is 0.346 e. The molecule has 0 atom stereocenters. The van der Waals surface area contributed by atoms with Gasteiger partial charge < -0.3 is 9.88 Å². The first kappa shape index (κ1) is 16.8. The van der Waals surface area contributed by atoms with E-state index in [1.165, 1.54) is 23.1 Å². The molecule has 0 spiro atoms. The highest BCUT2D eigenvalue weighted by Gasteiger charge is 2.25. The smallest absolute Gasteiger partial charge is 0.222 e. The number of aromatic nitrogens is 2. The second kappa shape index (κ2) is 7.28. The molecule has 26 heavy (non-hydrogen) atoms. The number of nitrogens with one attached hydrogen (secondary N) is 1. The van der Waals surface area contributed by atoms with Crippen LogP contribution >= 0.6 is 0 Å². The third-order valence-corrected chi connectivity index (χ3v) is 5.31. The third-order valence-electron chi connectivity index (χ3n) is 5.31. The first-order valence-corrected chi connectivity index (χ1v) is 9.15. The van der Waals surface area contributed by atoms with Crippen molar-refractivity contribution in [1.82, 2.24) is 14.9 Å². The average Bonchev–Trinajstić information content (AvgIpc) is 3.11. The van der Waals surface area contributed by atoms with Gasteiger partial charge in [-0.1, -0.05) is 12.1 Å². The summed E-state index contributed by atoms with van der Waals surface area (Å²) in [5.41, 5.74) is 3.24. The number of rotatable bonds is 4. The van der Waals surface area contributed by atoms with E-state index in [1.54, 1.807) is 18.3 Å². The van der Waals surface area contributed by atoms with Crippen LogP contribution in [0.2, 0.25) is 0 Å². The number of amides is 1. The second-order valence-corrected chi connectivity index (χ2v) is 6.93. The van der Waals surface area contributed by atoms with Gasteiger partial charge in [0.2, 0.25) is 5.91 Å². The summed E-state index contributed by atoms with van der Waals surface area (Å²) in [5, 5.41) is 1.19. The van der Waals surface area contributed by atoms with Gasteiger partial charge in [-0.25, -0.2) is 9.37 Å². The molecule has 4 nitrogen and oxygen atoms in total. The van der Waals surface area contributed by atoms with Gasteiger partial charge in [-0.3, -0.25) is 4.79 Å². The maximum Gasteiger partial charge on any atom is 0.222 e. The van der Waals surface area contributed by atoms with Crippen LogP contribution in [0, 0.1) is 5.82 Å². The van der Waals surface area contributed by atoms with E-state index >= 15 is 0 Å². The molecular weight excluding hydrogens is 329 g/mol. The molecule has 2 aromatic heterocycles. The summed E-state index contributed by atoms with van der Waals surface area (Å²) >= 11 is 0. The molecule has 1 aliphatic heterocycles. The lowest BCUT2D eigenvalue weighted by Crippen LogP contribution is -2.38. The van der Waals surface area contributed by atoms with Crippen molar-refractivity contribution < 1.29 is 9.18 Å². The lowest BCUT2D eigenvalue weighted by molar-refractivity contribution is -0.132. The van der Waals surface area contributed by atoms with Crippen molar-refractivity contribution in [1.29, 1.82) is 0 Å². The van der Waals surface area contributed by atoms with Crippen molar-refractivity contribution in [2.75, 3.05) is 13.1 Å². The van der Waals surface area contributed by atoms with E-state index in [1.807, 2.05) is 11.0 Å². The van der Waals surface area contributed by atoms with Gasteiger partial charge in [-0.15, -0.1) is 0 Å². The van der Waals surface area contributed by atoms with E-state index in [4.69, 9.17) is 0 Å². The number of carbonyl (C=O) groups excluding carboxylic acids is 1. The van der Waals surface area contributed by atoms with Crippen LogP contribution in [0.5, 0.6) is 0 Å². The van der Waals surface area contributed by atoms with Crippen LogP contribution < -0.4 is 0 Å². The number of likely N-dealkylation sites (tertiary alicyclic amines) is 1. The van der Waals surface area contributed by atoms with Gasteiger partial charge in [-0.05, 0) is 60.6 Å². The molecule has 0 saturated carbocycles. The van der Waals surface area contributed by atoms with E-state index < -0.39 is 0 Å². The number of nitrogens with zero attached hydrogens (tertiary/aromatic N) is 2. The Hall–Kier alpha value is -2.69. The number of hydrogen-bond acceptors (Lipinski definition) is 2. The lowest BCUT2D eigenvalue weighted by Gasteiger charge is -2.32. The number of fused-ring (bicyclic) bond motifs is 1. The molecule has 1 fully saturated rings. The van der Waals surface area contributed by atoms with E-state index in [-0.39, 0.29) is 11.7 Å². The summed E-state index contributed by atoms with van der Waals surface area (Å²) < 4.78 is 12.9. The summed E-state index contributed by atoms with van der Waals surface area (Å²) in [6, 6.07) is 10.5. The van der Waals surface area contributed by atoms with Crippen molar-refractivity contribution >= 4 is 16.9 Å². The van der Waals surface area contributed by atoms with Gasteiger partial charge in [0.15, 0.2) is 0 Å². The fourth-order valence-corrected chi connectivity index (χ4v) is 3.82. The minimum Gasteiger partial charge on any atom is -0.346 e. The quantitative estimate of drug-likeness (QED) is 0.771. The average molecular weight is 351 g/mol. The minimum absolute atomic E-state index is 0.188. The van der Waals surface area contributed by atoms with Crippen molar-refractivity contribution in [2.24, 2.45) is 0 Å². The molecule has 4 rings (SSSR count). The highest BCUT2D eigenvalue weighted by molar-refractivity contribution is 5.80. The molecule has 0 aliphatic carbocycles. The molecule has 134 valence electrons. The van der Waals surface area contributed by atoms with Crippen LogP contribution in [0.25, 0.3) is 11.0 Å². The number of carbonyl (C=O) groups is 1. The number of halogens is 1. The maximum atomic E-state index is 12.9. The van der Waals surface area contributed by atoms with Crippen molar-refractivity contribution in [2.45, 2.75) is 31.6 Å². The third kappa shape index (κ3) is 3.47. The second-order valence-electron chi connectivity index (χ2n) is 6.93. The maximum absolute atomic E-state index is 12.9. The SMILES string of the molecule is O=C(CCc1ccc(F)cc1)N1CCC(c2c[nH]c3ncccc23)CC1. The fraction of sp³-hybridized carbons (Fsp3) is 0.333. The van der Waals surface area contributed by atoms with Gasteiger partial charge in [-0.2, -0.15) is 0 Å². The Morgan fingerprint density at radius 2 is 1.96 bits per heavy atom. The van der Waals surface area contributed by atoms with Crippen molar-refractivity contribution in [3.05, 3.63) is 65.7 Å². The Balaban J connectivity index is 1.33. The molecule has 3 heterocycles. The Morgan fingerprint density at radius 1 is 1.19 bits per heavy atom. The molecule has 1 aliphatic rings. The van der Waals surface area contributed by atoms with E-state index in [9.17, 15) is 9.18 Å². The van der Waals surface area contributed by atoms with Crippen LogP contribution in [-0.2, 0) is 11.2 Å². The van der Waals surface area contributed by atoms with Crippen molar-refractivity contribution in [3.8, 4) is 0 Å². The summed E-state index contributed by atoms with van der Waals surface area (Å²) in [6.45, 7) is 1.58. The van der Waals surface area contributed by atoms with Gasteiger partial charge in [0.25, 0.3) is 0 Å². The van der Waals surface area contributed by atoms with Crippen LogP contribution in [0.4, 0.5) is 4.39 Å². The molecule has 0 radical (unpaired) electrons. The molecule has 0 unspecified atom stereocenters.